The van der Waals surface area contributed by atoms with E-state index in [1.165, 1.54) is 0 Å². The molecule has 1 unspecified atom stereocenters. The molecule has 5 heteroatoms. The van der Waals surface area contributed by atoms with E-state index < -0.39 is 11.4 Å². The summed E-state index contributed by atoms with van der Waals surface area (Å²) in [5.41, 5.74) is -1.15. The smallest absolute Gasteiger partial charge is 0.310 e. The van der Waals surface area contributed by atoms with Gasteiger partial charge in [-0.3, -0.25) is 9.59 Å². The van der Waals surface area contributed by atoms with Crippen LogP contribution in [0.15, 0.2) is 0 Å². The second-order valence-corrected chi connectivity index (χ2v) is 6.86. The summed E-state index contributed by atoms with van der Waals surface area (Å²) < 4.78 is 5.64. The Labute approximate surface area is 126 Å². The summed E-state index contributed by atoms with van der Waals surface area (Å²) in [6, 6.07) is 0. The van der Waals surface area contributed by atoms with Gasteiger partial charge in [0, 0.05) is 19.6 Å². The number of carboxylic acid groups (broad SMARTS) is 1. The van der Waals surface area contributed by atoms with Gasteiger partial charge in [0.05, 0.1) is 11.0 Å². The minimum absolute atomic E-state index is 0.0956. The van der Waals surface area contributed by atoms with Crippen LogP contribution in [0.1, 0.15) is 64.7 Å². The predicted molar refractivity (Wildman–Crippen MR) is 79.0 cm³/mol. The number of hydrogen-bond acceptors (Lipinski definition) is 3. The molecule has 0 aromatic heterocycles. The molecule has 2 aliphatic rings. The Morgan fingerprint density at radius 3 is 2.29 bits per heavy atom. The van der Waals surface area contributed by atoms with E-state index in [-0.39, 0.29) is 17.9 Å². The van der Waals surface area contributed by atoms with Gasteiger partial charge in [0.15, 0.2) is 0 Å². The molecule has 0 radical (unpaired) electrons. The lowest BCUT2D eigenvalue weighted by Crippen LogP contribution is -2.43. The number of carbonyl (C=O) groups excluding carboxylic acids is 1. The molecule has 0 aromatic rings. The molecule has 1 atom stereocenters. The number of nitrogens with one attached hydrogen (secondary N) is 1. The van der Waals surface area contributed by atoms with E-state index in [0.29, 0.717) is 19.4 Å². The molecule has 5 nitrogen and oxygen atoms in total. The van der Waals surface area contributed by atoms with Gasteiger partial charge in [0.2, 0.25) is 5.91 Å². The number of ether oxygens (including phenoxy) is 1. The highest BCUT2D eigenvalue weighted by atomic mass is 16.5. The van der Waals surface area contributed by atoms with Crippen molar-refractivity contribution >= 4 is 11.9 Å². The predicted octanol–water partition coefficient (Wildman–Crippen LogP) is 2.49. The first-order valence-electron chi connectivity index (χ1n) is 8.10. The van der Waals surface area contributed by atoms with Crippen molar-refractivity contribution in [1.29, 1.82) is 0 Å². The molecule has 1 saturated heterocycles. The van der Waals surface area contributed by atoms with Crippen molar-refractivity contribution in [2.45, 2.75) is 70.3 Å². The topological polar surface area (TPSA) is 75.6 Å². The summed E-state index contributed by atoms with van der Waals surface area (Å²) in [5.74, 6) is -0.973. The van der Waals surface area contributed by atoms with Gasteiger partial charge >= 0.3 is 5.97 Å². The minimum atomic E-state index is -0.863. The molecule has 2 rings (SSSR count). The zero-order valence-corrected chi connectivity index (χ0v) is 13.0. The molecular weight excluding hydrogens is 270 g/mol. The Balaban J connectivity index is 1.90. The summed E-state index contributed by atoms with van der Waals surface area (Å²) >= 11 is 0. The quantitative estimate of drug-likeness (QED) is 0.764. The van der Waals surface area contributed by atoms with Crippen molar-refractivity contribution in [3.05, 3.63) is 0 Å². The lowest BCUT2D eigenvalue weighted by molar-refractivity contribution is -0.153. The van der Waals surface area contributed by atoms with Gasteiger partial charge in [0.1, 0.15) is 0 Å². The van der Waals surface area contributed by atoms with Crippen LogP contribution in [0.2, 0.25) is 0 Å². The zero-order valence-electron chi connectivity index (χ0n) is 13.0. The van der Waals surface area contributed by atoms with Gasteiger partial charge in [-0.1, -0.05) is 25.7 Å². The van der Waals surface area contributed by atoms with Crippen LogP contribution in [0, 0.1) is 5.41 Å². The molecule has 0 spiro atoms. The number of amides is 1. The second-order valence-electron chi connectivity index (χ2n) is 6.86. The molecule has 1 aliphatic heterocycles. The van der Waals surface area contributed by atoms with E-state index in [1.807, 2.05) is 6.92 Å². The number of hydrogen-bond donors (Lipinski definition) is 2. The van der Waals surface area contributed by atoms with E-state index in [4.69, 9.17) is 4.74 Å². The third-order valence-electron chi connectivity index (χ3n) is 4.97. The fourth-order valence-corrected chi connectivity index (χ4v) is 3.50. The van der Waals surface area contributed by atoms with Gasteiger partial charge in [-0.05, 0) is 32.6 Å². The lowest BCUT2D eigenvalue weighted by Gasteiger charge is -2.29. The molecular formula is C16H27NO4. The first-order valence-corrected chi connectivity index (χ1v) is 8.10. The second kappa shape index (κ2) is 6.77. The zero-order chi connectivity index (χ0) is 15.3. The van der Waals surface area contributed by atoms with E-state index in [1.54, 1.807) is 0 Å². The Morgan fingerprint density at radius 1 is 1.10 bits per heavy atom. The maximum absolute atomic E-state index is 12.2. The number of carbonyl (C=O) groups is 2. The van der Waals surface area contributed by atoms with E-state index in [0.717, 1.165) is 45.1 Å². The highest BCUT2D eigenvalue weighted by molar-refractivity contribution is 5.85. The average Bonchev–Trinajstić information content (AvgIpc) is 2.72. The molecule has 1 heterocycles. The van der Waals surface area contributed by atoms with Crippen LogP contribution < -0.4 is 5.32 Å². The molecule has 1 aliphatic carbocycles. The first kappa shape index (κ1) is 16.3. The maximum atomic E-state index is 12.2. The highest BCUT2D eigenvalue weighted by Gasteiger charge is 2.41. The monoisotopic (exact) mass is 297 g/mol. The SMILES string of the molecule is CC1(CNC(=O)CC2(C(=O)O)CCCCCC2)CCCO1. The fourth-order valence-electron chi connectivity index (χ4n) is 3.50. The van der Waals surface area contributed by atoms with Gasteiger partial charge in [-0.2, -0.15) is 0 Å². The highest BCUT2D eigenvalue weighted by Crippen LogP contribution is 2.38. The number of carboxylic acids is 1. The molecule has 0 bridgehead atoms. The lowest BCUT2D eigenvalue weighted by atomic mass is 9.77. The summed E-state index contributed by atoms with van der Waals surface area (Å²) in [4.78, 5) is 23.9. The Bertz CT molecular complexity index is 380. The van der Waals surface area contributed by atoms with Gasteiger partial charge < -0.3 is 15.2 Å². The molecule has 2 fully saturated rings. The van der Waals surface area contributed by atoms with Crippen molar-refractivity contribution in [2.75, 3.05) is 13.2 Å². The van der Waals surface area contributed by atoms with E-state index in [9.17, 15) is 14.7 Å². The van der Waals surface area contributed by atoms with Gasteiger partial charge in [-0.25, -0.2) is 0 Å². The molecule has 0 aromatic carbocycles. The molecule has 1 saturated carbocycles. The fraction of sp³-hybridized carbons (Fsp3) is 0.875. The van der Waals surface area contributed by atoms with Crippen molar-refractivity contribution in [3.63, 3.8) is 0 Å². The van der Waals surface area contributed by atoms with Crippen LogP contribution in [-0.4, -0.2) is 35.7 Å². The van der Waals surface area contributed by atoms with Crippen LogP contribution in [-0.2, 0) is 14.3 Å². The largest absolute Gasteiger partial charge is 0.481 e. The van der Waals surface area contributed by atoms with Crippen molar-refractivity contribution < 1.29 is 19.4 Å². The third-order valence-corrected chi connectivity index (χ3v) is 4.97. The standard InChI is InChI=1S/C16H27NO4/c1-15(7-6-10-21-15)12-17-13(18)11-16(14(19)20)8-4-2-3-5-9-16/h2-12H2,1H3,(H,17,18)(H,19,20). The number of aliphatic carboxylic acids is 1. The normalized spacial score (nSPS) is 28.8. The number of rotatable bonds is 5. The first-order chi connectivity index (χ1) is 9.96. The van der Waals surface area contributed by atoms with Crippen LogP contribution in [0.4, 0.5) is 0 Å². The Kier molecular flexibility index (Phi) is 5.25. The summed E-state index contributed by atoms with van der Waals surface area (Å²) in [5, 5.41) is 12.5. The molecule has 21 heavy (non-hydrogen) atoms. The van der Waals surface area contributed by atoms with Crippen LogP contribution in [0.5, 0.6) is 0 Å². The van der Waals surface area contributed by atoms with Crippen LogP contribution >= 0.6 is 0 Å². The van der Waals surface area contributed by atoms with E-state index >= 15 is 0 Å². The van der Waals surface area contributed by atoms with Crippen molar-refractivity contribution in [1.82, 2.24) is 5.32 Å². The third kappa shape index (κ3) is 4.19. The van der Waals surface area contributed by atoms with E-state index in [2.05, 4.69) is 5.32 Å². The van der Waals surface area contributed by atoms with Gasteiger partial charge in [0.25, 0.3) is 0 Å². The summed E-state index contributed by atoms with van der Waals surface area (Å²) in [6.45, 7) is 3.21. The van der Waals surface area contributed by atoms with Crippen LogP contribution in [0.25, 0.3) is 0 Å². The molecule has 120 valence electrons. The Morgan fingerprint density at radius 2 is 1.76 bits per heavy atom. The van der Waals surface area contributed by atoms with Gasteiger partial charge in [-0.15, -0.1) is 0 Å². The maximum Gasteiger partial charge on any atom is 0.310 e. The van der Waals surface area contributed by atoms with Crippen molar-refractivity contribution in [2.24, 2.45) is 5.41 Å². The summed E-state index contributed by atoms with van der Waals surface area (Å²) in [6.07, 6.45) is 7.24. The molecule has 1 amide bonds. The molecule has 2 N–H and O–H groups in total. The average molecular weight is 297 g/mol. The summed E-state index contributed by atoms with van der Waals surface area (Å²) in [7, 11) is 0. The van der Waals surface area contributed by atoms with Crippen LogP contribution in [0.3, 0.4) is 0 Å². The Hall–Kier alpha value is -1.10. The van der Waals surface area contributed by atoms with Crippen molar-refractivity contribution in [3.8, 4) is 0 Å². The minimum Gasteiger partial charge on any atom is -0.481 e.